The average Bonchev–Trinajstić information content (AvgIpc) is 2.76. The third kappa shape index (κ3) is 4.74. The summed E-state index contributed by atoms with van der Waals surface area (Å²) in [6.07, 6.45) is 4.03. The Kier molecular flexibility index (Phi) is 7.33. The van der Waals surface area contributed by atoms with Crippen molar-refractivity contribution >= 4 is 5.97 Å². The highest BCUT2D eigenvalue weighted by molar-refractivity contribution is 5.88. The summed E-state index contributed by atoms with van der Waals surface area (Å²) in [7, 11) is 0. The molecule has 0 saturated carbocycles. The number of aliphatic carboxylic acids is 1. The second-order valence-electron chi connectivity index (χ2n) is 8.80. The lowest BCUT2D eigenvalue weighted by Gasteiger charge is -2.39. The number of carboxylic acid groups (broad SMARTS) is 1. The number of hydrogen-bond acceptors (Lipinski definition) is 1. The Hall–Kier alpha value is -2.87. The van der Waals surface area contributed by atoms with E-state index in [-0.39, 0.29) is 5.92 Å². The predicted molar refractivity (Wildman–Crippen MR) is 129 cm³/mol. The van der Waals surface area contributed by atoms with Crippen LogP contribution in [0.4, 0.5) is 0 Å². The van der Waals surface area contributed by atoms with Gasteiger partial charge < -0.3 is 5.11 Å². The zero-order valence-electron chi connectivity index (χ0n) is 19.2. The van der Waals surface area contributed by atoms with Crippen LogP contribution in [-0.2, 0) is 10.2 Å². The summed E-state index contributed by atoms with van der Waals surface area (Å²) in [6.45, 7) is 8.33. The van der Waals surface area contributed by atoms with E-state index in [0.717, 1.165) is 53.5 Å². The number of hydrogen-bond donors (Lipinski definition) is 1. The molecule has 0 fully saturated rings. The quantitative estimate of drug-likeness (QED) is 0.372. The van der Waals surface area contributed by atoms with Crippen LogP contribution in [0.25, 0.3) is 0 Å². The van der Waals surface area contributed by atoms with Crippen LogP contribution in [0, 0.1) is 20.8 Å². The zero-order valence-corrected chi connectivity index (χ0v) is 19.2. The molecule has 0 spiro atoms. The van der Waals surface area contributed by atoms with Gasteiger partial charge >= 0.3 is 5.97 Å². The van der Waals surface area contributed by atoms with Gasteiger partial charge in [0.1, 0.15) is 5.41 Å². The smallest absolute Gasteiger partial charge is 0.319 e. The standard InChI is InChI=1S/C29H34O2/c1-5-6-7-8-27(24-15-9-21(2)10-16-24)29(28(30)31,25-17-11-22(3)12-18-25)26-19-13-23(4)14-20-26/h9-20,27H,5-8H2,1-4H3,(H,30,31). The molecule has 0 aromatic heterocycles. The van der Waals surface area contributed by atoms with E-state index < -0.39 is 11.4 Å². The summed E-state index contributed by atoms with van der Waals surface area (Å²) < 4.78 is 0. The van der Waals surface area contributed by atoms with Gasteiger partial charge in [0, 0.05) is 5.92 Å². The number of unbranched alkanes of at least 4 members (excludes halogenated alkanes) is 2. The first-order chi connectivity index (χ1) is 14.9. The Balaban J connectivity index is 2.30. The highest BCUT2D eigenvalue weighted by atomic mass is 16.4. The molecule has 2 nitrogen and oxygen atoms in total. The Morgan fingerprint density at radius 2 is 1.16 bits per heavy atom. The van der Waals surface area contributed by atoms with Crippen molar-refractivity contribution in [3.05, 3.63) is 106 Å². The molecule has 0 heterocycles. The SMILES string of the molecule is CCCCCC(c1ccc(C)cc1)C(C(=O)O)(c1ccc(C)cc1)c1ccc(C)cc1. The minimum atomic E-state index is -1.15. The lowest BCUT2D eigenvalue weighted by molar-refractivity contribution is -0.143. The monoisotopic (exact) mass is 414 g/mol. The Labute approximate surface area is 187 Å². The Morgan fingerprint density at radius 1 is 0.742 bits per heavy atom. The molecule has 1 atom stereocenters. The summed E-state index contributed by atoms with van der Waals surface area (Å²) in [4.78, 5) is 13.3. The first-order valence-corrected chi connectivity index (χ1v) is 11.3. The summed E-state index contributed by atoms with van der Waals surface area (Å²) in [5.41, 5.74) is 5.07. The number of rotatable bonds is 9. The molecule has 0 aliphatic rings. The van der Waals surface area contributed by atoms with Crippen LogP contribution in [0.1, 0.15) is 71.9 Å². The molecule has 1 N–H and O–H groups in total. The van der Waals surface area contributed by atoms with Gasteiger partial charge in [0.05, 0.1) is 0 Å². The molecule has 0 amide bonds. The number of benzene rings is 3. The van der Waals surface area contributed by atoms with E-state index in [4.69, 9.17) is 0 Å². The molecule has 162 valence electrons. The fraction of sp³-hybridized carbons (Fsp3) is 0.345. The third-order valence-electron chi connectivity index (χ3n) is 6.45. The molecule has 0 bridgehead atoms. The van der Waals surface area contributed by atoms with Crippen LogP contribution in [0.3, 0.4) is 0 Å². The highest BCUT2D eigenvalue weighted by Gasteiger charge is 2.49. The van der Waals surface area contributed by atoms with Gasteiger partial charge in [-0.3, -0.25) is 4.79 Å². The third-order valence-corrected chi connectivity index (χ3v) is 6.45. The lowest BCUT2D eigenvalue weighted by atomic mass is 9.62. The molecule has 31 heavy (non-hydrogen) atoms. The molecule has 1 unspecified atom stereocenters. The van der Waals surface area contributed by atoms with Crippen molar-refractivity contribution in [3.8, 4) is 0 Å². The van der Waals surface area contributed by atoms with E-state index in [1.807, 2.05) is 62.4 Å². The Bertz CT molecular complexity index is 937. The van der Waals surface area contributed by atoms with Crippen molar-refractivity contribution in [2.45, 2.75) is 64.7 Å². The lowest BCUT2D eigenvalue weighted by Crippen LogP contribution is -2.43. The van der Waals surface area contributed by atoms with Crippen molar-refractivity contribution in [2.75, 3.05) is 0 Å². The van der Waals surface area contributed by atoms with Crippen molar-refractivity contribution < 1.29 is 9.90 Å². The van der Waals surface area contributed by atoms with E-state index >= 15 is 0 Å². The van der Waals surface area contributed by atoms with Gasteiger partial charge in [-0.25, -0.2) is 0 Å². The van der Waals surface area contributed by atoms with Gasteiger partial charge in [-0.15, -0.1) is 0 Å². The Morgan fingerprint density at radius 3 is 1.55 bits per heavy atom. The van der Waals surface area contributed by atoms with Gasteiger partial charge in [0.15, 0.2) is 0 Å². The summed E-state index contributed by atoms with van der Waals surface area (Å²) in [6, 6.07) is 24.6. The molecule has 3 rings (SSSR count). The molecular formula is C29H34O2. The van der Waals surface area contributed by atoms with E-state index in [1.54, 1.807) is 0 Å². The van der Waals surface area contributed by atoms with Crippen LogP contribution < -0.4 is 0 Å². The summed E-state index contributed by atoms with van der Waals surface area (Å²) in [5.74, 6) is -0.954. The van der Waals surface area contributed by atoms with E-state index in [0.29, 0.717) is 0 Å². The minimum Gasteiger partial charge on any atom is -0.480 e. The maximum Gasteiger partial charge on any atom is 0.319 e. The van der Waals surface area contributed by atoms with Gasteiger partial charge in [-0.05, 0) is 43.9 Å². The minimum absolute atomic E-state index is 0.164. The fourth-order valence-corrected chi connectivity index (χ4v) is 4.63. The molecule has 3 aromatic carbocycles. The second-order valence-corrected chi connectivity index (χ2v) is 8.80. The first kappa shape index (κ1) is 22.8. The molecule has 0 aliphatic carbocycles. The van der Waals surface area contributed by atoms with Crippen molar-refractivity contribution in [1.82, 2.24) is 0 Å². The van der Waals surface area contributed by atoms with Gasteiger partial charge in [-0.1, -0.05) is 116 Å². The molecular weight excluding hydrogens is 380 g/mol. The molecule has 2 heteroatoms. The summed E-state index contributed by atoms with van der Waals surface area (Å²) in [5, 5.41) is 10.9. The van der Waals surface area contributed by atoms with E-state index in [2.05, 4.69) is 38.1 Å². The van der Waals surface area contributed by atoms with Crippen LogP contribution >= 0.6 is 0 Å². The second kappa shape index (κ2) is 9.96. The number of carbonyl (C=O) groups is 1. The normalized spacial score (nSPS) is 12.5. The van der Waals surface area contributed by atoms with E-state index in [1.165, 1.54) is 5.56 Å². The maximum absolute atomic E-state index is 13.3. The van der Waals surface area contributed by atoms with Gasteiger partial charge in [0.2, 0.25) is 0 Å². The number of carboxylic acids is 1. The van der Waals surface area contributed by atoms with Crippen molar-refractivity contribution in [1.29, 1.82) is 0 Å². The predicted octanol–water partition coefficient (Wildman–Crippen LogP) is 7.35. The fourth-order valence-electron chi connectivity index (χ4n) is 4.63. The van der Waals surface area contributed by atoms with Crippen LogP contribution in [0.5, 0.6) is 0 Å². The topological polar surface area (TPSA) is 37.3 Å². The van der Waals surface area contributed by atoms with Crippen LogP contribution in [0.2, 0.25) is 0 Å². The van der Waals surface area contributed by atoms with Gasteiger partial charge in [-0.2, -0.15) is 0 Å². The average molecular weight is 415 g/mol. The first-order valence-electron chi connectivity index (χ1n) is 11.3. The molecule has 0 saturated heterocycles. The summed E-state index contributed by atoms with van der Waals surface area (Å²) >= 11 is 0. The largest absolute Gasteiger partial charge is 0.480 e. The maximum atomic E-state index is 13.3. The molecule has 0 aliphatic heterocycles. The van der Waals surface area contributed by atoms with Crippen LogP contribution in [0.15, 0.2) is 72.8 Å². The molecule has 3 aromatic rings. The zero-order chi connectivity index (χ0) is 22.4. The van der Waals surface area contributed by atoms with Crippen molar-refractivity contribution in [2.24, 2.45) is 0 Å². The van der Waals surface area contributed by atoms with Gasteiger partial charge in [0.25, 0.3) is 0 Å². The van der Waals surface area contributed by atoms with E-state index in [9.17, 15) is 9.90 Å². The number of aryl methyl sites for hydroxylation is 3. The molecule has 0 radical (unpaired) electrons. The van der Waals surface area contributed by atoms with Crippen LogP contribution in [-0.4, -0.2) is 11.1 Å². The highest BCUT2D eigenvalue weighted by Crippen LogP contribution is 2.48. The van der Waals surface area contributed by atoms with Crippen molar-refractivity contribution in [3.63, 3.8) is 0 Å².